The molecule has 5 rings (SSSR count). The molecule has 1 fully saturated rings. The summed E-state index contributed by atoms with van der Waals surface area (Å²) in [6, 6.07) is 18.9. The topological polar surface area (TPSA) is 37.7 Å². The fraction of sp³-hybridized carbons (Fsp3) is 0.273. The third-order valence-corrected chi connectivity index (χ3v) is 6.43. The number of fused-ring (bicyclic) bond motifs is 2. The lowest BCUT2D eigenvalue weighted by Gasteiger charge is -2.29. The van der Waals surface area contributed by atoms with Gasteiger partial charge in [0, 0.05) is 23.6 Å². The van der Waals surface area contributed by atoms with Crippen molar-refractivity contribution in [3.63, 3.8) is 0 Å². The van der Waals surface area contributed by atoms with Crippen LogP contribution in [0, 0.1) is 0 Å². The lowest BCUT2D eigenvalue weighted by Crippen LogP contribution is -2.29. The number of amidine groups is 1. The molecule has 3 aromatic rings. The molecule has 0 amide bonds. The van der Waals surface area contributed by atoms with Gasteiger partial charge in [-0.2, -0.15) is 0 Å². The highest BCUT2D eigenvalue weighted by atomic mass is 32.2. The molecular weight excluding hydrogens is 354 g/mol. The standard InChI is InChI=1S/C22H21N3OS/c1-14-13-25-21(20(24-22(25)27-14)17-9-5-6-12-23-17)19-16-8-4-3-7-15(16)10-11-18(19)26-2/h3-12,14,20-21H,13H2,1-2H3/t14-,20+,21-/m0/s1. The zero-order valence-corrected chi connectivity index (χ0v) is 16.2. The lowest BCUT2D eigenvalue weighted by molar-refractivity contribution is 0.310. The Bertz CT molecular complexity index is 1020. The maximum absolute atomic E-state index is 5.82. The highest BCUT2D eigenvalue weighted by Crippen LogP contribution is 2.51. The molecule has 4 nitrogen and oxygen atoms in total. The molecule has 0 radical (unpaired) electrons. The van der Waals surface area contributed by atoms with Crippen LogP contribution in [0.25, 0.3) is 10.8 Å². The van der Waals surface area contributed by atoms with Crippen molar-refractivity contribution in [1.29, 1.82) is 0 Å². The molecule has 136 valence electrons. The van der Waals surface area contributed by atoms with Crippen molar-refractivity contribution in [1.82, 2.24) is 9.88 Å². The fourth-order valence-electron chi connectivity index (χ4n) is 4.19. The average molecular weight is 375 g/mol. The molecule has 2 aromatic carbocycles. The average Bonchev–Trinajstić information content (AvgIpc) is 3.23. The van der Waals surface area contributed by atoms with Gasteiger partial charge in [0.25, 0.3) is 0 Å². The maximum atomic E-state index is 5.82. The minimum absolute atomic E-state index is 0.0269. The Morgan fingerprint density at radius 1 is 1.07 bits per heavy atom. The summed E-state index contributed by atoms with van der Waals surface area (Å²) in [6.45, 7) is 3.25. The summed E-state index contributed by atoms with van der Waals surface area (Å²) in [5.74, 6) is 0.917. The highest BCUT2D eigenvalue weighted by Gasteiger charge is 2.45. The molecule has 3 atom stereocenters. The first-order valence-electron chi connectivity index (χ1n) is 9.24. The molecule has 0 spiro atoms. The van der Waals surface area contributed by atoms with Gasteiger partial charge in [-0.05, 0) is 29.0 Å². The van der Waals surface area contributed by atoms with E-state index in [1.165, 1.54) is 16.3 Å². The van der Waals surface area contributed by atoms with E-state index in [1.54, 1.807) is 7.11 Å². The van der Waals surface area contributed by atoms with Gasteiger partial charge in [0.1, 0.15) is 11.8 Å². The summed E-state index contributed by atoms with van der Waals surface area (Å²) in [6.07, 6.45) is 1.85. The summed E-state index contributed by atoms with van der Waals surface area (Å²) in [5.41, 5.74) is 2.22. The number of aromatic nitrogens is 1. The summed E-state index contributed by atoms with van der Waals surface area (Å²) in [4.78, 5) is 12.2. The minimum atomic E-state index is -0.0269. The molecule has 1 saturated heterocycles. The molecule has 0 unspecified atom stereocenters. The van der Waals surface area contributed by atoms with Gasteiger partial charge in [0.05, 0.1) is 18.8 Å². The Labute approximate surface area is 163 Å². The zero-order valence-electron chi connectivity index (χ0n) is 15.4. The molecule has 0 N–H and O–H groups in total. The van der Waals surface area contributed by atoms with Crippen LogP contribution in [0.5, 0.6) is 5.75 Å². The molecule has 3 heterocycles. The van der Waals surface area contributed by atoms with E-state index < -0.39 is 0 Å². The van der Waals surface area contributed by atoms with Crippen molar-refractivity contribution >= 4 is 27.7 Å². The normalized spacial score (nSPS) is 24.1. The number of hydrogen-bond donors (Lipinski definition) is 0. The van der Waals surface area contributed by atoms with Gasteiger partial charge in [0.2, 0.25) is 0 Å². The van der Waals surface area contributed by atoms with E-state index in [0.29, 0.717) is 5.25 Å². The zero-order chi connectivity index (χ0) is 18.4. The number of pyridine rings is 1. The number of nitrogens with zero attached hydrogens (tertiary/aromatic N) is 3. The van der Waals surface area contributed by atoms with E-state index in [-0.39, 0.29) is 12.1 Å². The van der Waals surface area contributed by atoms with Crippen LogP contribution in [-0.4, -0.2) is 34.0 Å². The van der Waals surface area contributed by atoms with Gasteiger partial charge in [0.15, 0.2) is 5.17 Å². The molecule has 0 saturated carbocycles. The quantitative estimate of drug-likeness (QED) is 0.657. The third-order valence-electron chi connectivity index (χ3n) is 5.33. The van der Waals surface area contributed by atoms with Gasteiger partial charge < -0.3 is 9.64 Å². The van der Waals surface area contributed by atoms with Crippen molar-refractivity contribution in [2.24, 2.45) is 4.99 Å². The van der Waals surface area contributed by atoms with Crippen LogP contribution in [0.2, 0.25) is 0 Å². The second kappa shape index (κ2) is 6.57. The van der Waals surface area contributed by atoms with Crippen LogP contribution in [0.3, 0.4) is 0 Å². The smallest absolute Gasteiger partial charge is 0.160 e. The van der Waals surface area contributed by atoms with E-state index in [9.17, 15) is 0 Å². The molecule has 2 aliphatic rings. The van der Waals surface area contributed by atoms with E-state index in [4.69, 9.17) is 9.73 Å². The maximum Gasteiger partial charge on any atom is 0.160 e. The Morgan fingerprint density at radius 2 is 1.93 bits per heavy atom. The first kappa shape index (κ1) is 16.6. The number of aliphatic imine (C=N–C) groups is 1. The number of benzene rings is 2. The summed E-state index contributed by atoms with van der Waals surface area (Å²) < 4.78 is 5.82. The lowest BCUT2D eigenvalue weighted by atomic mass is 9.91. The fourth-order valence-corrected chi connectivity index (χ4v) is 5.28. The number of hydrogen-bond acceptors (Lipinski definition) is 5. The van der Waals surface area contributed by atoms with Crippen LogP contribution in [0.15, 0.2) is 65.8 Å². The van der Waals surface area contributed by atoms with Crippen LogP contribution in [0.1, 0.15) is 30.3 Å². The first-order chi connectivity index (χ1) is 13.3. The largest absolute Gasteiger partial charge is 0.496 e. The van der Waals surface area contributed by atoms with Gasteiger partial charge in [-0.1, -0.05) is 55.1 Å². The predicted molar refractivity (Wildman–Crippen MR) is 111 cm³/mol. The number of methoxy groups -OCH3 is 1. The predicted octanol–water partition coefficient (Wildman–Crippen LogP) is 4.83. The van der Waals surface area contributed by atoms with Gasteiger partial charge >= 0.3 is 0 Å². The van der Waals surface area contributed by atoms with Crippen molar-refractivity contribution in [3.05, 3.63) is 72.1 Å². The van der Waals surface area contributed by atoms with E-state index >= 15 is 0 Å². The molecule has 0 aliphatic carbocycles. The van der Waals surface area contributed by atoms with Crippen molar-refractivity contribution < 1.29 is 4.74 Å². The van der Waals surface area contributed by atoms with E-state index in [1.807, 2.05) is 30.1 Å². The second-order valence-electron chi connectivity index (χ2n) is 7.04. The molecular formula is C22H21N3OS. The molecule has 0 bridgehead atoms. The van der Waals surface area contributed by atoms with Gasteiger partial charge in [-0.15, -0.1) is 0 Å². The summed E-state index contributed by atoms with van der Waals surface area (Å²) in [7, 11) is 1.75. The van der Waals surface area contributed by atoms with Crippen LogP contribution >= 0.6 is 11.8 Å². The molecule has 27 heavy (non-hydrogen) atoms. The Hall–Kier alpha value is -2.53. The van der Waals surface area contributed by atoms with E-state index in [2.05, 4.69) is 59.3 Å². The Balaban J connectivity index is 1.73. The first-order valence-corrected chi connectivity index (χ1v) is 10.1. The van der Waals surface area contributed by atoms with Gasteiger partial charge in [-0.25, -0.2) is 0 Å². The monoisotopic (exact) mass is 375 g/mol. The Kier molecular flexibility index (Phi) is 4.05. The second-order valence-corrected chi connectivity index (χ2v) is 8.45. The van der Waals surface area contributed by atoms with Crippen LogP contribution in [-0.2, 0) is 0 Å². The number of rotatable bonds is 3. The van der Waals surface area contributed by atoms with Crippen molar-refractivity contribution in [2.75, 3.05) is 13.7 Å². The minimum Gasteiger partial charge on any atom is -0.496 e. The molecule has 2 aliphatic heterocycles. The number of thioether (sulfide) groups is 1. The third kappa shape index (κ3) is 2.69. The van der Waals surface area contributed by atoms with Gasteiger partial charge in [-0.3, -0.25) is 9.98 Å². The van der Waals surface area contributed by atoms with Crippen molar-refractivity contribution in [2.45, 2.75) is 24.3 Å². The van der Waals surface area contributed by atoms with Crippen molar-refractivity contribution in [3.8, 4) is 5.75 Å². The molecule has 1 aromatic heterocycles. The van der Waals surface area contributed by atoms with Crippen LogP contribution < -0.4 is 4.74 Å². The highest BCUT2D eigenvalue weighted by molar-refractivity contribution is 8.14. The number of ether oxygens (including phenoxy) is 1. The van der Waals surface area contributed by atoms with Crippen LogP contribution in [0.4, 0.5) is 0 Å². The summed E-state index contributed by atoms with van der Waals surface area (Å²) >= 11 is 1.86. The summed E-state index contributed by atoms with van der Waals surface area (Å²) in [5, 5.41) is 4.11. The van der Waals surface area contributed by atoms with E-state index in [0.717, 1.165) is 23.2 Å². The molecule has 5 heteroatoms. The SMILES string of the molecule is COc1ccc2ccccc2c1[C@H]1[C@@H](c2ccccn2)N=C2S[C@@H](C)CN21. The Morgan fingerprint density at radius 3 is 2.74 bits per heavy atom.